The van der Waals surface area contributed by atoms with Gasteiger partial charge in [0.1, 0.15) is 0 Å². The molecule has 0 amide bonds. The van der Waals surface area contributed by atoms with Gasteiger partial charge in [-0.2, -0.15) is 4.31 Å². The summed E-state index contributed by atoms with van der Waals surface area (Å²) in [6.07, 6.45) is 2.45. The third-order valence-corrected chi connectivity index (χ3v) is 6.34. The average Bonchev–Trinajstić information content (AvgIpc) is 2.75. The Morgan fingerprint density at radius 1 is 1.47 bits per heavy atom. The minimum atomic E-state index is -3.11. The molecule has 5 heteroatoms. The highest BCUT2D eigenvalue weighted by Crippen LogP contribution is 2.45. The van der Waals surface area contributed by atoms with Crippen LogP contribution in [0, 0.1) is 0 Å². The number of rotatable bonds is 4. The highest BCUT2D eigenvalue weighted by molar-refractivity contribution is 7.90. The molecule has 0 N–H and O–H groups in total. The van der Waals surface area contributed by atoms with E-state index in [2.05, 4.69) is 0 Å². The monoisotopic (exact) mass is 233 g/mol. The number of likely N-dealkylation sites (N-methyl/N-ethyl adjacent to an activating group) is 1. The van der Waals surface area contributed by atoms with Crippen LogP contribution in [0.4, 0.5) is 0 Å². The van der Waals surface area contributed by atoms with E-state index in [0.29, 0.717) is 19.8 Å². The summed E-state index contributed by atoms with van der Waals surface area (Å²) in [6, 6.07) is 0.0671. The number of nitrogens with zero attached hydrogens (tertiary/aromatic N) is 1. The summed E-state index contributed by atoms with van der Waals surface area (Å²) in [7, 11) is -3.11. The maximum absolute atomic E-state index is 12.3. The van der Waals surface area contributed by atoms with Crippen molar-refractivity contribution >= 4 is 10.0 Å². The SMILES string of the molecule is CCN(C1CCOC1)S(=O)(=O)C1(C)CC1. The smallest absolute Gasteiger partial charge is 0.219 e. The molecular formula is C10H19NO3S. The summed E-state index contributed by atoms with van der Waals surface area (Å²) in [4.78, 5) is 0. The molecule has 1 saturated heterocycles. The van der Waals surface area contributed by atoms with E-state index in [1.165, 1.54) is 0 Å². The molecule has 1 aliphatic heterocycles. The Hall–Kier alpha value is -0.130. The lowest BCUT2D eigenvalue weighted by atomic mass is 10.3. The van der Waals surface area contributed by atoms with Crippen molar-refractivity contribution in [1.82, 2.24) is 4.31 Å². The number of hydrogen-bond donors (Lipinski definition) is 0. The fourth-order valence-corrected chi connectivity index (χ4v) is 4.17. The third-order valence-electron chi connectivity index (χ3n) is 3.51. The number of hydrogen-bond acceptors (Lipinski definition) is 3. The van der Waals surface area contributed by atoms with Crippen LogP contribution in [-0.4, -0.2) is 43.3 Å². The topological polar surface area (TPSA) is 46.6 Å². The molecule has 2 fully saturated rings. The van der Waals surface area contributed by atoms with Crippen molar-refractivity contribution in [2.45, 2.75) is 43.9 Å². The molecule has 0 bridgehead atoms. The predicted molar refractivity (Wildman–Crippen MR) is 58.2 cm³/mol. The van der Waals surface area contributed by atoms with E-state index in [0.717, 1.165) is 19.3 Å². The second kappa shape index (κ2) is 3.71. The molecule has 1 atom stereocenters. The van der Waals surface area contributed by atoms with E-state index in [1.54, 1.807) is 4.31 Å². The van der Waals surface area contributed by atoms with Crippen LogP contribution < -0.4 is 0 Å². The lowest BCUT2D eigenvalue weighted by Gasteiger charge is -2.28. The van der Waals surface area contributed by atoms with Gasteiger partial charge in [-0.25, -0.2) is 8.42 Å². The summed E-state index contributed by atoms with van der Waals surface area (Å²) < 4.78 is 31.0. The van der Waals surface area contributed by atoms with Crippen LogP contribution in [-0.2, 0) is 14.8 Å². The maximum Gasteiger partial charge on any atom is 0.219 e. The summed E-state index contributed by atoms with van der Waals surface area (Å²) in [5, 5.41) is 0. The van der Waals surface area contributed by atoms with Crippen molar-refractivity contribution in [3.05, 3.63) is 0 Å². The molecule has 1 unspecified atom stereocenters. The molecule has 1 heterocycles. The third kappa shape index (κ3) is 1.81. The molecule has 15 heavy (non-hydrogen) atoms. The quantitative estimate of drug-likeness (QED) is 0.727. The van der Waals surface area contributed by atoms with Gasteiger partial charge >= 0.3 is 0 Å². The van der Waals surface area contributed by atoms with Crippen LogP contribution in [0.5, 0.6) is 0 Å². The second-order valence-corrected chi connectivity index (χ2v) is 7.08. The molecule has 0 aromatic carbocycles. The summed E-state index contributed by atoms with van der Waals surface area (Å²) in [5.74, 6) is 0. The van der Waals surface area contributed by atoms with Crippen molar-refractivity contribution < 1.29 is 13.2 Å². The highest BCUT2D eigenvalue weighted by atomic mass is 32.2. The van der Waals surface area contributed by atoms with Gasteiger partial charge in [-0.1, -0.05) is 6.92 Å². The molecular weight excluding hydrogens is 214 g/mol. The van der Waals surface area contributed by atoms with Crippen molar-refractivity contribution in [3.63, 3.8) is 0 Å². The Morgan fingerprint density at radius 2 is 2.13 bits per heavy atom. The van der Waals surface area contributed by atoms with Gasteiger partial charge in [-0.05, 0) is 26.2 Å². The first kappa shape index (κ1) is 11.4. The molecule has 1 saturated carbocycles. The molecule has 1 aliphatic carbocycles. The molecule has 0 aromatic heterocycles. The van der Waals surface area contributed by atoms with Crippen LogP contribution in [0.1, 0.15) is 33.1 Å². The number of sulfonamides is 1. The van der Waals surface area contributed by atoms with Crippen LogP contribution in [0.2, 0.25) is 0 Å². The molecule has 2 aliphatic rings. The average molecular weight is 233 g/mol. The van der Waals surface area contributed by atoms with Gasteiger partial charge in [-0.3, -0.25) is 0 Å². The first-order valence-electron chi connectivity index (χ1n) is 5.60. The zero-order chi connectivity index (χ0) is 11.1. The normalized spacial score (nSPS) is 29.7. The fraction of sp³-hybridized carbons (Fsp3) is 1.00. The molecule has 2 rings (SSSR count). The van der Waals surface area contributed by atoms with Crippen LogP contribution in [0.25, 0.3) is 0 Å². The van der Waals surface area contributed by atoms with E-state index in [4.69, 9.17) is 4.74 Å². The Labute approximate surface area is 91.6 Å². The zero-order valence-corrected chi connectivity index (χ0v) is 10.2. The maximum atomic E-state index is 12.3. The molecule has 0 radical (unpaired) electrons. The highest BCUT2D eigenvalue weighted by Gasteiger charge is 2.53. The molecule has 88 valence electrons. The van der Waals surface area contributed by atoms with Gasteiger partial charge in [0.2, 0.25) is 10.0 Å². The van der Waals surface area contributed by atoms with E-state index < -0.39 is 14.8 Å². The van der Waals surface area contributed by atoms with Gasteiger partial charge in [0, 0.05) is 13.2 Å². The Balaban J connectivity index is 2.18. The largest absolute Gasteiger partial charge is 0.380 e. The van der Waals surface area contributed by atoms with E-state index in [9.17, 15) is 8.42 Å². The standard InChI is InChI=1S/C10H19NO3S/c1-3-11(9-4-7-14-8-9)15(12,13)10(2)5-6-10/h9H,3-8H2,1-2H3. The van der Waals surface area contributed by atoms with Gasteiger partial charge < -0.3 is 4.74 Å². The van der Waals surface area contributed by atoms with E-state index >= 15 is 0 Å². The van der Waals surface area contributed by atoms with Crippen molar-refractivity contribution in [1.29, 1.82) is 0 Å². The Kier molecular flexibility index (Phi) is 2.81. The van der Waals surface area contributed by atoms with Crippen LogP contribution in [0.15, 0.2) is 0 Å². The van der Waals surface area contributed by atoms with Crippen molar-refractivity contribution in [3.8, 4) is 0 Å². The zero-order valence-electron chi connectivity index (χ0n) is 9.40. The van der Waals surface area contributed by atoms with E-state index in [1.807, 2.05) is 13.8 Å². The lowest BCUT2D eigenvalue weighted by Crippen LogP contribution is -2.45. The van der Waals surface area contributed by atoms with Gasteiger partial charge in [0.15, 0.2) is 0 Å². The molecule has 0 spiro atoms. The predicted octanol–water partition coefficient (Wildman–Crippen LogP) is 0.980. The van der Waals surface area contributed by atoms with Crippen molar-refractivity contribution in [2.75, 3.05) is 19.8 Å². The Bertz CT molecular complexity index is 329. The summed E-state index contributed by atoms with van der Waals surface area (Å²) in [5.41, 5.74) is 0. The molecule has 0 aromatic rings. The van der Waals surface area contributed by atoms with E-state index in [-0.39, 0.29) is 6.04 Å². The first-order valence-corrected chi connectivity index (χ1v) is 7.04. The summed E-state index contributed by atoms with van der Waals surface area (Å²) >= 11 is 0. The van der Waals surface area contributed by atoms with Gasteiger partial charge in [-0.15, -0.1) is 0 Å². The Morgan fingerprint density at radius 3 is 2.53 bits per heavy atom. The fourth-order valence-electron chi connectivity index (χ4n) is 2.09. The summed E-state index contributed by atoms with van der Waals surface area (Å²) in [6.45, 7) is 5.56. The second-order valence-electron chi connectivity index (χ2n) is 4.68. The number of ether oxygens (including phenoxy) is 1. The van der Waals surface area contributed by atoms with Crippen molar-refractivity contribution in [2.24, 2.45) is 0 Å². The first-order chi connectivity index (χ1) is 7.01. The molecule has 4 nitrogen and oxygen atoms in total. The lowest BCUT2D eigenvalue weighted by molar-refractivity contribution is 0.177. The van der Waals surface area contributed by atoms with Crippen LogP contribution >= 0.6 is 0 Å². The minimum Gasteiger partial charge on any atom is -0.380 e. The van der Waals surface area contributed by atoms with Crippen LogP contribution in [0.3, 0.4) is 0 Å². The van der Waals surface area contributed by atoms with Gasteiger partial charge in [0.25, 0.3) is 0 Å². The van der Waals surface area contributed by atoms with Gasteiger partial charge in [0.05, 0.1) is 17.4 Å². The minimum absolute atomic E-state index is 0.0671.